The van der Waals surface area contributed by atoms with Crippen LogP contribution < -0.4 is 9.44 Å². The standard InChI is InChI=1S/C10H20N4O4S5/c1-22(15,16)11-5-3-7-19-9-13-14-10(21-9)20-8-4-6-12-23(2,17)18/h11-12H,3-8H2,1-2H3. The normalized spacial score (nSPS) is 12.6. The molecule has 8 nitrogen and oxygen atoms in total. The monoisotopic (exact) mass is 420 g/mol. The summed E-state index contributed by atoms with van der Waals surface area (Å²) < 4.78 is 50.1. The largest absolute Gasteiger partial charge is 0.215 e. The average molecular weight is 421 g/mol. The van der Waals surface area contributed by atoms with Crippen molar-refractivity contribution in [2.24, 2.45) is 0 Å². The summed E-state index contributed by atoms with van der Waals surface area (Å²) in [6.45, 7) is 0.833. The molecule has 13 heteroatoms. The first kappa shape index (κ1) is 21.1. The van der Waals surface area contributed by atoms with Crippen molar-refractivity contribution < 1.29 is 16.8 Å². The molecule has 0 saturated heterocycles. The zero-order valence-corrected chi connectivity index (χ0v) is 16.9. The van der Waals surface area contributed by atoms with E-state index in [1.807, 2.05) is 0 Å². The van der Waals surface area contributed by atoms with Gasteiger partial charge in [0, 0.05) is 24.6 Å². The summed E-state index contributed by atoms with van der Waals surface area (Å²) in [6.07, 6.45) is 3.72. The quantitative estimate of drug-likeness (QED) is 0.373. The number of hydrogen-bond acceptors (Lipinski definition) is 9. The second-order valence-corrected chi connectivity index (χ2v) is 11.9. The van der Waals surface area contributed by atoms with E-state index < -0.39 is 20.0 Å². The predicted octanol–water partition coefficient (Wildman–Crippen LogP) is 0.601. The van der Waals surface area contributed by atoms with Gasteiger partial charge in [0.15, 0.2) is 8.68 Å². The highest BCUT2D eigenvalue weighted by Gasteiger charge is 2.06. The third-order valence-electron chi connectivity index (χ3n) is 2.21. The number of hydrogen-bond donors (Lipinski definition) is 2. The average Bonchev–Trinajstić information content (AvgIpc) is 2.83. The van der Waals surface area contributed by atoms with Gasteiger partial charge < -0.3 is 0 Å². The number of nitrogens with one attached hydrogen (secondary N) is 2. The number of thioether (sulfide) groups is 2. The molecule has 0 aliphatic rings. The van der Waals surface area contributed by atoms with Gasteiger partial charge in [-0.15, -0.1) is 10.2 Å². The Bertz CT molecular complexity index is 617. The van der Waals surface area contributed by atoms with Crippen LogP contribution in [0.5, 0.6) is 0 Å². The van der Waals surface area contributed by atoms with Crippen molar-refractivity contribution in [2.45, 2.75) is 21.5 Å². The summed E-state index contributed by atoms with van der Waals surface area (Å²) >= 11 is 4.57. The summed E-state index contributed by atoms with van der Waals surface area (Å²) in [4.78, 5) is 0. The summed E-state index contributed by atoms with van der Waals surface area (Å²) in [6, 6.07) is 0. The lowest BCUT2D eigenvalue weighted by Gasteiger charge is -2.00. The first-order valence-corrected chi connectivity index (χ1v) is 13.2. The molecule has 134 valence electrons. The Morgan fingerprint density at radius 2 is 1.26 bits per heavy atom. The molecule has 1 heterocycles. The van der Waals surface area contributed by atoms with Crippen LogP contribution in [0.25, 0.3) is 0 Å². The smallest absolute Gasteiger partial charge is 0.208 e. The lowest BCUT2D eigenvalue weighted by Crippen LogP contribution is -2.23. The highest BCUT2D eigenvalue weighted by atomic mass is 32.2. The molecule has 0 aromatic carbocycles. The molecule has 0 bridgehead atoms. The van der Waals surface area contributed by atoms with Gasteiger partial charge in [-0.3, -0.25) is 0 Å². The minimum atomic E-state index is -3.12. The van der Waals surface area contributed by atoms with Gasteiger partial charge in [-0.1, -0.05) is 34.9 Å². The number of sulfonamides is 2. The molecule has 1 aromatic rings. The molecule has 0 unspecified atom stereocenters. The highest BCUT2D eigenvalue weighted by molar-refractivity contribution is 8.03. The Morgan fingerprint density at radius 1 is 0.870 bits per heavy atom. The van der Waals surface area contributed by atoms with E-state index in [-0.39, 0.29) is 0 Å². The van der Waals surface area contributed by atoms with E-state index in [1.54, 1.807) is 23.5 Å². The Labute approximate surface area is 149 Å². The van der Waals surface area contributed by atoms with Crippen LogP contribution in [-0.2, 0) is 20.0 Å². The minimum absolute atomic E-state index is 0.416. The third-order valence-corrected chi connectivity index (χ3v) is 7.03. The molecule has 0 fully saturated rings. The highest BCUT2D eigenvalue weighted by Crippen LogP contribution is 2.29. The molecular weight excluding hydrogens is 400 g/mol. The van der Waals surface area contributed by atoms with E-state index in [2.05, 4.69) is 19.6 Å². The van der Waals surface area contributed by atoms with Crippen molar-refractivity contribution in [2.75, 3.05) is 37.1 Å². The van der Waals surface area contributed by atoms with Crippen LogP contribution in [0, 0.1) is 0 Å². The first-order chi connectivity index (χ1) is 10.7. The van der Waals surface area contributed by atoms with Gasteiger partial charge in [-0.25, -0.2) is 26.3 Å². The fourth-order valence-electron chi connectivity index (χ4n) is 1.29. The van der Waals surface area contributed by atoms with Gasteiger partial charge in [0.05, 0.1) is 12.5 Å². The molecule has 0 atom stereocenters. The van der Waals surface area contributed by atoms with Crippen LogP contribution in [-0.4, -0.2) is 64.1 Å². The molecule has 0 aliphatic carbocycles. The first-order valence-electron chi connectivity index (χ1n) is 6.64. The topological polar surface area (TPSA) is 118 Å². The zero-order chi connectivity index (χ0) is 17.3. The van der Waals surface area contributed by atoms with Gasteiger partial charge in [0.1, 0.15) is 0 Å². The van der Waals surface area contributed by atoms with Crippen LogP contribution in [0.4, 0.5) is 0 Å². The van der Waals surface area contributed by atoms with Crippen molar-refractivity contribution in [3.63, 3.8) is 0 Å². The van der Waals surface area contributed by atoms with Crippen LogP contribution in [0.1, 0.15) is 12.8 Å². The summed E-state index contributed by atoms with van der Waals surface area (Å²) in [5.41, 5.74) is 0. The molecule has 0 saturated carbocycles. The second kappa shape index (κ2) is 10.2. The van der Waals surface area contributed by atoms with Crippen molar-refractivity contribution in [1.82, 2.24) is 19.6 Å². The molecular formula is C10H20N4O4S5. The molecule has 1 aromatic heterocycles. The van der Waals surface area contributed by atoms with Crippen molar-refractivity contribution >= 4 is 54.9 Å². The zero-order valence-electron chi connectivity index (χ0n) is 12.8. The fraction of sp³-hybridized carbons (Fsp3) is 0.800. The Hall–Kier alpha value is 0.0800. The van der Waals surface area contributed by atoms with Gasteiger partial charge in [0.25, 0.3) is 0 Å². The van der Waals surface area contributed by atoms with Gasteiger partial charge >= 0.3 is 0 Å². The number of rotatable bonds is 12. The van der Waals surface area contributed by atoms with Crippen molar-refractivity contribution in [3.05, 3.63) is 0 Å². The molecule has 23 heavy (non-hydrogen) atoms. The molecule has 0 radical (unpaired) electrons. The maximum Gasteiger partial charge on any atom is 0.208 e. The van der Waals surface area contributed by atoms with Crippen LogP contribution in [0.15, 0.2) is 8.68 Å². The van der Waals surface area contributed by atoms with Gasteiger partial charge in [0.2, 0.25) is 20.0 Å². The Morgan fingerprint density at radius 3 is 1.61 bits per heavy atom. The second-order valence-electron chi connectivity index (χ2n) is 4.57. The van der Waals surface area contributed by atoms with Crippen LogP contribution >= 0.6 is 34.9 Å². The fourth-order valence-corrected chi connectivity index (χ4v) is 5.36. The summed E-state index contributed by atoms with van der Waals surface area (Å²) in [5.74, 6) is 1.53. The minimum Gasteiger partial charge on any atom is -0.215 e. The van der Waals surface area contributed by atoms with Gasteiger partial charge in [-0.05, 0) is 12.8 Å². The van der Waals surface area contributed by atoms with E-state index in [4.69, 9.17) is 0 Å². The third kappa shape index (κ3) is 12.1. The lowest BCUT2D eigenvalue weighted by atomic mass is 10.5. The molecule has 0 aliphatic heterocycles. The van der Waals surface area contributed by atoms with Crippen LogP contribution in [0.3, 0.4) is 0 Å². The predicted molar refractivity (Wildman–Crippen MR) is 96.3 cm³/mol. The van der Waals surface area contributed by atoms with E-state index in [0.717, 1.165) is 45.5 Å². The molecule has 0 amide bonds. The molecule has 0 spiro atoms. The van der Waals surface area contributed by atoms with Crippen LogP contribution in [0.2, 0.25) is 0 Å². The lowest BCUT2D eigenvalue weighted by molar-refractivity contribution is 0.585. The summed E-state index contributed by atoms with van der Waals surface area (Å²) in [5, 5.41) is 8.12. The van der Waals surface area contributed by atoms with Crippen molar-refractivity contribution in [3.8, 4) is 0 Å². The molecule has 2 N–H and O–H groups in total. The van der Waals surface area contributed by atoms with E-state index in [9.17, 15) is 16.8 Å². The maximum absolute atomic E-state index is 10.9. The van der Waals surface area contributed by atoms with E-state index in [0.29, 0.717) is 13.1 Å². The van der Waals surface area contributed by atoms with Gasteiger partial charge in [-0.2, -0.15) is 0 Å². The molecule has 1 rings (SSSR count). The number of aromatic nitrogens is 2. The summed E-state index contributed by atoms with van der Waals surface area (Å²) in [7, 11) is -6.24. The Kier molecular flexibility index (Phi) is 9.33. The van der Waals surface area contributed by atoms with E-state index in [1.165, 1.54) is 11.3 Å². The van der Waals surface area contributed by atoms with E-state index >= 15 is 0 Å². The van der Waals surface area contributed by atoms with Crippen molar-refractivity contribution in [1.29, 1.82) is 0 Å². The SMILES string of the molecule is CS(=O)(=O)NCCCSc1nnc(SCCCNS(C)(=O)=O)s1. The maximum atomic E-state index is 10.9. The number of nitrogens with zero attached hydrogens (tertiary/aromatic N) is 2. The Balaban J connectivity index is 2.14.